The maximum absolute atomic E-state index is 5.44. The van der Waals surface area contributed by atoms with Crippen LogP contribution in [0, 0.1) is 0 Å². The van der Waals surface area contributed by atoms with Crippen LogP contribution < -0.4 is 16.2 Å². The molecule has 3 aliphatic heterocycles. The number of nitrogens with one attached hydrogen (secondary N) is 1. The summed E-state index contributed by atoms with van der Waals surface area (Å²) >= 11 is 0. The third-order valence-electron chi connectivity index (χ3n) is 10.4. The van der Waals surface area contributed by atoms with E-state index in [1.165, 1.54) is 39.0 Å². The molecule has 4 aromatic carbocycles. The Morgan fingerprint density at radius 3 is 1.49 bits per heavy atom. The molecule has 9 rings (SSSR count). The maximum atomic E-state index is 5.44. The first-order valence-corrected chi connectivity index (χ1v) is 17.7. The molecule has 0 unspecified atom stereocenters. The summed E-state index contributed by atoms with van der Waals surface area (Å²) in [5.41, 5.74) is 21.0. The van der Waals surface area contributed by atoms with Crippen LogP contribution in [-0.2, 0) is 0 Å². The molecule has 4 bridgehead atoms. The van der Waals surface area contributed by atoms with Gasteiger partial charge in [-0.05, 0) is 95.7 Å². The lowest BCUT2D eigenvalue weighted by Gasteiger charge is -2.26. The first kappa shape index (κ1) is 30.7. The minimum Gasteiger partial charge on any atom is -0.248 e. The highest BCUT2D eigenvalue weighted by atomic mass is 15.7. The highest BCUT2D eigenvalue weighted by Gasteiger charge is 2.28. The quantitative estimate of drug-likeness (QED) is 0.197. The summed E-state index contributed by atoms with van der Waals surface area (Å²) in [5.74, 6) is 0. The molecule has 0 atom stereocenters. The summed E-state index contributed by atoms with van der Waals surface area (Å²) in [4.78, 5) is 5.44. The number of aromatic nitrogens is 2. The molecular formula is C47H38N4. The van der Waals surface area contributed by atoms with Gasteiger partial charge < -0.3 is 0 Å². The van der Waals surface area contributed by atoms with Gasteiger partial charge in [0.15, 0.2) is 0 Å². The van der Waals surface area contributed by atoms with Crippen LogP contribution in [0.2, 0.25) is 0 Å². The van der Waals surface area contributed by atoms with E-state index in [4.69, 9.17) is 4.99 Å². The third kappa shape index (κ3) is 5.02. The van der Waals surface area contributed by atoms with Crippen LogP contribution in [0.5, 0.6) is 0 Å². The molecule has 51 heavy (non-hydrogen) atoms. The average Bonchev–Trinajstić information content (AvgIpc) is 3.93. The van der Waals surface area contributed by atoms with Gasteiger partial charge in [0, 0.05) is 22.3 Å². The number of benzene rings is 4. The molecule has 4 heteroatoms. The molecule has 0 spiro atoms. The van der Waals surface area contributed by atoms with Gasteiger partial charge in [-0.3, -0.25) is 0 Å². The van der Waals surface area contributed by atoms with E-state index in [-0.39, 0.29) is 0 Å². The lowest BCUT2D eigenvalue weighted by Crippen LogP contribution is -2.42. The Morgan fingerprint density at radius 2 is 0.941 bits per heavy atom. The zero-order valence-corrected chi connectivity index (χ0v) is 29.1. The molecule has 1 N–H and O–H groups in total. The molecule has 4 nitrogen and oxygen atoms in total. The summed E-state index contributed by atoms with van der Waals surface area (Å²) in [6.07, 6.45) is 5.23. The lowest BCUT2D eigenvalue weighted by atomic mass is 9.86. The zero-order valence-electron chi connectivity index (χ0n) is 29.1. The van der Waals surface area contributed by atoms with Crippen molar-refractivity contribution in [2.24, 2.45) is 4.99 Å². The highest BCUT2D eigenvalue weighted by molar-refractivity contribution is 6.30. The summed E-state index contributed by atoms with van der Waals surface area (Å²) in [5, 5.41) is 2.12. The molecule has 2 aromatic heterocycles. The fraction of sp³-hybridized carbons (Fsp3) is 0.0851. The Bertz CT molecular complexity index is 2610. The summed E-state index contributed by atoms with van der Waals surface area (Å²) in [6, 6.07) is 52.1. The molecule has 246 valence electrons. The summed E-state index contributed by atoms with van der Waals surface area (Å²) < 4.78 is 4.59. The van der Waals surface area contributed by atoms with E-state index in [2.05, 4.69) is 193 Å². The zero-order chi connectivity index (χ0) is 34.5. The summed E-state index contributed by atoms with van der Waals surface area (Å²) in [6.45, 7) is 6.87. The second-order valence-electron chi connectivity index (χ2n) is 13.2. The van der Waals surface area contributed by atoms with Gasteiger partial charge in [0.1, 0.15) is 0 Å². The van der Waals surface area contributed by atoms with Gasteiger partial charge in [-0.2, -0.15) is 0 Å². The molecular weight excluding hydrogens is 621 g/mol. The topological polar surface area (TPSA) is 34.2 Å². The standard InChI is InChI=1S/C47H38N4/c1-4-37-31(2)32(3)44(33-17-9-5-10-18-33)40-27-29-42-46(35-21-13-7-14-22-35)38-25-26-39(48-38)47(36-23-15-8-16-24-36)43-30-28-41(51(43)49-50(40)42)45(37)34-19-11-6-12-20-34/h5-30,49H,4H2,1-3H3. The second-order valence-corrected chi connectivity index (χ2v) is 13.2. The Labute approximate surface area is 298 Å². The molecule has 0 saturated carbocycles. The number of hydrogen-bond donors (Lipinski definition) is 1. The number of nitrogens with zero attached hydrogens (tertiary/aromatic N) is 3. The van der Waals surface area contributed by atoms with Crippen LogP contribution >= 0.6 is 0 Å². The lowest BCUT2D eigenvalue weighted by molar-refractivity contribution is 0.708. The van der Waals surface area contributed by atoms with Gasteiger partial charge in [-0.25, -0.2) is 19.9 Å². The average molecular weight is 659 g/mol. The largest absolute Gasteiger partial charge is 0.248 e. The van der Waals surface area contributed by atoms with Crippen molar-refractivity contribution in [3.8, 4) is 0 Å². The molecule has 0 radical (unpaired) electrons. The fourth-order valence-corrected chi connectivity index (χ4v) is 7.96. The van der Waals surface area contributed by atoms with Crippen molar-refractivity contribution in [2.45, 2.75) is 27.2 Å². The van der Waals surface area contributed by atoms with Crippen LogP contribution in [0.4, 0.5) is 0 Å². The highest BCUT2D eigenvalue weighted by Crippen LogP contribution is 2.40. The molecule has 0 fully saturated rings. The van der Waals surface area contributed by atoms with Crippen molar-refractivity contribution < 1.29 is 0 Å². The molecule has 6 aromatic rings. The summed E-state index contributed by atoms with van der Waals surface area (Å²) in [7, 11) is 0. The maximum Gasteiger partial charge on any atom is 0.0746 e. The SMILES string of the molecule is CCC1=C(c2ccccc2)c2ccc3n2Nn2c(ccc2=C(c2ccccc2)C(C)=C1C)=C(c1ccccc1)C1=NC(=C3c2ccccc2)C=C1. The molecule has 0 amide bonds. The van der Waals surface area contributed by atoms with E-state index in [0.717, 1.165) is 62.2 Å². The molecule has 0 aliphatic carbocycles. The van der Waals surface area contributed by atoms with Crippen molar-refractivity contribution in [2.75, 3.05) is 5.53 Å². The molecule has 0 saturated heterocycles. The van der Waals surface area contributed by atoms with Crippen molar-refractivity contribution in [1.82, 2.24) is 9.35 Å². The van der Waals surface area contributed by atoms with Crippen LogP contribution in [0.3, 0.4) is 0 Å². The predicted molar refractivity (Wildman–Crippen MR) is 211 cm³/mol. The Kier molecular flexibility index (Phi) is 7.51. The van der Waals surface area contributed by atoms with Gasteiger partial charge in [0.25, 0.3) is 0 Å². The van der Waals surface area contributed by atoms with Crippen molar-refractivity contribution >= 4 is 28.0 Å². The first-order valence-electron chi connectivity index (χ1n) is 17.7. The van der Waals surface area contributed by atoms with Crippen molar-refractivity contribution in [3.05, 3.63) is 225 Å². The van der Waals surface area contributed by atoms with Gasteiger partial charge >= 0.3 is 0 Å². The van der Waals surface area contributed by atoms with E-state index < -0.39 is 0 Å². The van der Waals surface area contributed by atoms with E-state index in [9.17, 15) is 0 Å². The number of hydrogen-bond acceptors (Lipinski definition) is 2. The van der Waals surface area contributed by atoms with Crippen molar-refractivity contribution in [1.29, 1.82) is 0 Å². The third-order valence-corrected chi connectivity index (χ3v) is 10.4. The number of aliphatic imine (C=N–C) groups is 1. The Morgan fingerprint density at radius 1 is 0.471 bits per heavy atom. The first-order chi connectivity index (χ1) is 25.1. The van der Waals surface area contributed by atoms with E-state index in [0.29, 0.717) is 0 Å². The number of rotatable bonds is 5. The minimum absolute atomic E-state index is 0.872. The van der Waals surface area contributed by atoms with E-state index in [1.54, 1.807) is 0 Å². The monoisotopic (exact) mass is 658 g/mol. The van der Waals surface area contributed by atoms with Gasteiger partial charge in [-0.1, -0.05) is 128 Å². The van der Waals surface area contributed by atoms with Crippen LogP contribution in [-0.4, -0.2) is 15.1 Å². The van der Waals surface area contributed by atoms with Gasteiger partial charge in [-0.15, -0.1) is 0 Å². The molecule has 3 aliphatic rings. The smallest absolute Gasteiger partial charge is 0.0746 e. The Hall–Kier alpha value is -6.39. The molecule has 5 heterocycles. The Balaban J connectivity index is 1.54. The van der Waals surface area contributed by atoms with Crippen LogP contribution in [0.1, 0.15) is 60.8 Å². The van der Waals surface area contributed by atoms with Crippen molar-refractivity contribution in [3.63, 3.8) is 0 Å². The van der Waals surface area contributed by atoms with Crippen LogP contribution in [0.15, 0.2) is 185 Å². The van der Waals surface area contributed by atoms with Gasteiger partial charge in [0.05, 0.1) is 33.5 Å². The van der Waals surface area contributed by atoms with E-state index in [1.807, 2.05) is 0 Å². The second kappa shape index (κ2) is 12.5. The number of fused-ring (bicyclic) bond motifs is 1. The fourth-order valence-electron chi connectivity index (χ4n) is 7.96. The van der Waals surface area contributed by atoms with Crippen LogP contribution in [0.25, 0.3) is 22.3 Å². The predicted octanol–water partition coefficient (Wildman–Crippen LogP) is 9.04. The van der Waals surface area contributed by atoms with Gasteiger partial charge in [0.2, 0.25) is 0 Å². The number of allylic oxidation sites excluding steroid dienone is 5. The van der Waals surface area contributed by atoms with E-state index >= 15 is 0 Å². The minimum atomic E-state index is 0.872. The normalized spacial score (nSPS) is 15.3.